The van der Waals surface area contributed by atoms with E-state index in [-0.39, 0.29) is 16.5 Å². The van der Waals surface area contributed by atoms with Gasteiger partial charge in [-0.25, -0.2) is 18.4 Å². The molecule has 0 radical (unpaired) electrons. The summed E-state index contributed by atoms with van der Waals surface area (Å²) in [6.07, 6.45) is 6.31. The first kappa shape index (κ1) is 21.2. The second kappa shape index (κ2) is 8.60. The van der Waals surface area contributed by atoms with Crippen LogP contribution in [0, 0.1) is 12.8 Å². The topological polar surface area (TPSA) is 97.2 Å². The number of amides is 1. The summed E-state index contributed by atoms with van der Waals surface area (Å²) in [6, 6.07) is 10.6. The number of aryl methyl sites for hydroxylation is 1. The van der Waals surface area contributed by atoms with Crippen molar-refractivity contribution in [3.05, 3.63) is 66.4 Å². The van der Waals surface area contributed by atoms with Crippen molar-refractivity contribution < 1.29 is 13.2 Å². The molecule has 0 bridgehead atoms. The van der Waals surface area contributed by atoms with E-state index in [4.69, 9.17) is 0 Å². The minimum atomic E-state index is -3.56. The molecule has 8 nitrogen and oxygen atoms in total. The van der Waals surface area contributed by atoms with Gasteiger partial charge in [-0.2, -0.15) is 4.31 Å². The normalized spacial score (nSPS) is 17.4. The second-order valence-electron chi connectivity index (χ2n) is 7.95. The summed E-state index contributed by atoms with van der Waals surface area (Å²) in [7, 11) is -3.56. The van der Waals surface area contributed by atoms with Gasteiger partial charge in [-0.1, -0.05) is 24.6 Å². The summed E-state index contributed by atoms with van der Waals surface area (Å²) in [5.41, 5.74) is 2.03. The van der Waals surface area contributed by atoms with Gasteiger partial charge in [0.25, 0.3) is 5.91 Å². The Labute approximate surface area is 182 Å². The number of rotatable bonds is 5. The van der Waals surface area contributed by atoms with E-state index in [1.165, 1.54) is 16.8 Å². The van der Waals surface area contributed by atoms with Crippen LogP contribution in [0.15, 0.2) is 60.0 Å². The molecule has 1 fully saturated rings. The number of aromatic nitrogens is 3. The molecule has 1 aromatic carbocycles. The third kappa shape index (κ3) is 4.67. The van der Waals surface area contributed by atoms with E-state index in [9.17, 15) is 13.2 Å². The molecule has 1 atom stereocenters. The summed E-state index contributed by atoms with van der Waals surface area (Å²) in [5, 5.41) is 2.80. The van der Waals surface area contributed by atoms with E-state index in [0.29, 0.717) is 30.5 Å². The third-order valence-corrected chi connectivity index (χ3v) is 7.22. The Hall–Kier alpha value is -3.04. The van der Waals surface area contributed by atoms with Crippen LogP contribution in [0.5, 0.6) is 0 Å². The van der Waals surface area contributed by atoms with E-state index in [2.05, 4.69) is 22.2 Å². The number of sulfonamides is 1. The highest BCUT2D eigenvalue weighted by Crippen LogP contribution is 2.23. The van der Waals surface area contributed by atoms with Crippen molar-refractivity contribution in [1.82, 2.24) is 18.8 Å². The van der Waals surface area contributed by atoms with Crippen LogP contribution in [0.2, 0.25) is 0 Å². The van der Waals surface area contributed by atoms with Gasteiger partial charge >= 0.3 is 0 Å². The van der Waals surface area contributed by atoms with Gasteiger partial charge in [0.15, 0.2) is 0 Å². The Balaban J connectivity index is 1.48. The quantitative estimate of drug-likeness (QED) is 0.658. The van der Waals surface area contributed by atoms with Gasteiger partial charge in [0.1, 0.15) is 22.7 Å². The first-order chi connectivity index (χ1) is 14.8. The number of carbonyl (C=O) groups excluding carboxylic acids is 1. The average molecular weight is 440 g/mol. The maximum absolute atomic E-state index is 12.9. The maximum Gasteiger partial charge on any atom is 0.275 e. The SMILES string of the molecule is Cc1ccc(NC(=O)c2cn(-c3ccc(S(=O)(=O)N4CCC[C@H](C)C4)cn3)cn2)cc1. The van der Waals surface area contributed by atoms with Crippen LogP contribution in [0.1, 0.15) is 35.8 Å². The summed E-state index contributed by atoms with van der Waals surface area (Å²) < 4.78 is 28.9. The van der Waals surface area contributed by atoms with Crippen LogP contribution in [0.3, 0.4) is 0 Å². The van der Waals surface area contributed by atoms with Crippen molar-refractivity contribution in [1.29, 1.82) is 0 Å². The lowest BCUT2D eigenvalue weighted by Crippen LogP contribution is -2.39. The highest BCUT2D eigenvalue weighted by molar-refractivity contribution is 7.89. The number of benzene rings is 1. The van der Waals surface area contributed by atoms with Crippen molar-refractivity contribution in [2.24, 2.45) is 5.92 Å². The van der Waals surface area contributed by atoms with Crippen molar-refractivity contribution >= 4 is 21.6 Å². The molecule has 0 unspecified atom stereocenters. The lowest BCUT2D eigenvalue weighted by molar-refractivity contribution is 0.102. The van der Waals surface area contributed by atoms with Crippen LogP contribution in [0.4, 0.5) is 5.69 Å². The molecule has 162 valence electrons. The fourth-order valence-electron chi connectivity index (χ4n) is 3.59. The Morgan fingerprint density at radius 3 is 2.58 bits per heavy atom. The molecule has 1 N–H and O–H groups in total. The number of anilines is 1. The third-order valence-electron chi connectivity index (χ3n) is 5.37. The van der Waals surface area contributed by atoms with Crippen molar-refractivity contribution in [3.8, 4) is 5.82 Å². The molecule has 3 aromatic rings. The molecule has 9 heteroatoms. The van der Waals surface area contributed by atoms with Gasteiger partial charge < -0.3 is 5.32 Å². The van der Waals surface area contributed by atoms with Gasteiger partial charge in [-0.15, -0.1) is 0 Å². The lowest BCUT2D eigenvalue weighted by atomic mass is 10.0. The molecule has 1 aliphatic heterocycles. The standard InChI is InChI=1S/C22H25N5O3S/c1-16-5-7-18(8-6-16)25-22(28)20-14-26(15-24-20)21-10-9-19(12-23-21)31(29,30)27-11-3-4-17(2)13-27/h5-10,12,14-15,17H,3-4,11,13H2,1-2H3,(H,25,28)/t17-/m0/s1. The molecule has 2 aromatic heterocycles. The van der Waals surface area contributed by atoms with Gasteiger partial charge in [0, 0.05) is 31.2 Å². The molecule has 1 saturated heterocycles. The first-order valence-electron chi connectivity index (χ1n) is 10.2. The van der Waals surface area contributed by atoms with E-state index >= 15 is 0 Å². The van der Waals surface area contributed by atoms with Crippen LogP contribution >= 0.6 is 0 Å². The van der Waals surface area contributed by atoms with E-state index < -0.39 is 10.0 Å². The smallest absolute Gasteiger partial charge is 0.275 e. The zero-order valence-electron chi connectivity index (χ0n) is 17.5. The van der Waals surface area contributed by atoms with E-state index in [1.54, 1.807) is 22.9 Å². The Bertz CT molecular complexity index is 1170. The van der Waals surface area contributed by atoms with E-state index in [0.717, 1.165) is 18.4 Å². The highest BCUT2D eigenvalue weighted by Gasteiger charge is 2.28. The molecule has 3 heterocycles. The van der Waals surface area contributed by atoms with Gasteiger partial charge in [0.2, 0.25) is 10.0 Å². The molecule has 31 heavy (non-hydrogen) atoms. The van der Waals surface area contributed by atoms with Crippen LogP contribution in [-0.2, 0) is 10.0 Å². The zero-order chi connectivity index (χ0) is 22.0. The van der Waals surface area contributed by atoms with Crippen LogP contribution < -0.4 is 5.32 Å². The molecule has 0 spiro atoms. The minimum Gasteiger partial charge on any atom is -0.321 e. The first-order valence-corrected chi connectivity index (χ1v) is 11.7. The minimum absolute atomic E-state index is 0.169. The zero-order valence-corrected chi connectivity index (χ0v) is 18.3. The summed E-state index contributed by atoms with van der Waals surface area (Å²) in [6.45, 7) is 5.11. The van der Waals surface area contributed by atoms with Crippen LogP contribution in [-0.4, -0.2) is 46.3 Å². The summed E-state index contributed by atoms with van der Waals surface area (Å²) in [5.74, 6) is 0.500. The number of carbonyl (C=O) groups is 1. The van der Waals surface area contributed by atoms with Crippen molar-refractivity contribution in [2.75, 3.05) is 18.4 Å². The summed E-state index contributed by atoms with van der Waals surface area (Å²) in [4.78, 5) is 21.0. The van der Waals surface area contributed by atoms with Crippen molar-refractivity contribution in [3.63, 3.8) is 0 Å². The van der Waals surface area contributed by atoms with Crippen molar-refractivity contribution in [2.45, 2.75) is 31.6 Å². The molecular weight excluding hydrogens is 414 g/mol. The largest absolute Gasteiger partial charge is 0.321 e. The lowest BCUT2D eigenvalue weighted by Gasteiger charge is -2.29. The predicted octanol–water partition coefficient (Wildman–Crippen LogP) is 3.25. The number of pyridine rings is 1. The number of imidazole rings is 1. The average Bonchev–Trinajstić information content (AvgIpc) is 3.26. The molecule has 1 aliphatic rings. The van der Waals surface area contributed by atoms with Gasteiger partial charge in [-0.05, 0) is 49.9 Å². The second-order valence-corrected chi connectivity index (χ2v) is 9.89. The Morgan fingerprint density at radius 1 is 1.13 bits per heavy atom. The Morgan fingerprint density at radius 2 is 1.90 bits per heavy atom. The fraction of sp³-hybridized carbons (Fsp3) is 0.318. The molecule has 0 saturated carbocycles. The summed E-state index contributed by atoms with van der Waals surface area (Å²) >= 11 is 0. The fourth-order valence-corrected chi connectivity index (χ4v) is 5.13. The number of hydrogen-bond donors (Lipinski definition) is 1. The molecule has 4 rings (SSSR count). The molecule has 1 amide bonds. The number of nitrogens with one attached hydrogen (secondary N) is 1. The highest BCUT2D eigenvalue weighted by atomic mass is 32.2. The number of hydrogen-bond acceptors (Lipinski definition) is 5. The molecule has 0 aliphatic carbocycles. The van der Waals surface area contributed by atoms with Gasteiger partial charge in [0.05, 0.1) is 0 Å². The number of nitrogens with zero attached hydrogens (tertiary/aromatic N) is 4. The monoisotopic (exact) mass is 439 g/mol. The number of piperidine rings is 1. The molecular formula is C22H25N5O3S. The predicted molar refractivity (Wildman–Crippen MR) is 118 cm³/mol. The Kier molecular flexibility index (Phi) is 5.88. The van der Waals surface area contributed by atoms with E-state index in [1.807, 2.05) is 31.2 Å². The van der Waals surface area contributed by atoms with Gasteiger partial charge in [-0.3, -0.25) is 9.36 Å². The maximum atomic E-state index is 12.9. The van der Waals surface area contributed by atoms with Crippen LogP contribution in [0.25, 0.3) is 5.82 Å².